The van der Waals surface area contributed by atoms with Gasteiger partial charge in [0.2, 0.25) is 5.91 Å². The Labute approximate surface area is 109 Å². The fourth-order valence-electron chi connectivity index (χ4n) is 1.99. The van der Waals surface area contributed by atoms with Crippen LogP contribution >= 0.6 is 0 Å². The normalized spacial score (nSPS) is 14.2. The van der Waals surface area contributed by atoms with E-state index in [9.17, 15) is 4.79 Å². The van der Waals surface area contributed by atoms with Gasteiger partial charge in [0.15, 0.2) is 0 Å². The van der Waals surface area contributed by atoms with Crippen LogP contribution in [-0.4, -0.2) is 26.2 Å². The number of hydrogen-bond acceptors (Lipinski definition) is 3. The molecule has 4 heteroatoms. The van der Waals surface area contributed by atoms with Crippen molar-refractivity contribution in [2.24, 2.45) is 5.73 Å². The van der Waals surface area contributed by atoms with Crippen LogP contribution < -0.4 is 11.1 Å². The van der Waals surface area contributed by atoms with E-state index in [2.05, 4.69) is 5.32 Å². The summed E-state index contributed by atoms with van der Waals surface area (Å²) < 4.78 is 4.99. The van der Waals surface area contributed by atoms with Crippen LogP contribution in [0.25, 0.3) is 0 Å². The van der Waals surface area contributed by atoms with Crippen LogP contribution in [0.2, 0.25) is 0 Å². The average Bonchev–Trinajstić information content (AvgIpc) is 2.32. The SMILES string of the molecule is COCCNC(C)(C(N)=O)c1cc(C)ccc1C. The molecule has 0 aliphatic rings. The van der Waals surface area contributed by atoms with Gasteiger partial charge in [-0.25, -0.2) is 0 Å². The minimum absolute atomic E-state index is 0.382. The molecule has 0 bridgehead atoms. The summed E-state index contributed by atoms with van der Waals surface area (Å²) in [5.41, 5.74) is 7.77. The molecular weight excluding hydrogens is 228 g/mol. The van der Waals surface area contributed by atoms with Crippen LogP contribution in [0.4, 0.5) is 0 Å². The maximum absolute atomic E-state index is 11.8. The zero-order valence-electron chi connectivity index (χ0n) is 11.5. The molecule has 0 radical (unpaired) electrons. The molecule has 18 heavy (non-hydrogen) atoms. The van der Waals surface area contributed by atoms with Crippen molar-refractivity contribution in [3.05, 3.63) is 34.9 Å². The van der Waals surface area contributed by atoms with Crippen molar-refractivity contribution in [1.29, 1.82) is 0 Å². The second kappa shape index (κ2) is 5.98. The molecule has 0 aliphatic carbocycles. The molecule has 0 aliphatic heterocycles. The molecule has 1 rings (SSSR count). The number of rotatable bonds is 6. The van der Waals surface area contributed by atoms with E-state index in [-0.39, 0.29) is 5.91 Å². The van der Waals surface area contributed by atoms with Crippen molar-refractivity contribution in [3.63, 3.8) is 0 Å². The Bertz CT molecular complexity index is 432. The number of nitrogens with one attached hydrogen (secondary N) is 1. The van der Waals surface area contributed by atoms with E-state index in [1.807, 2.05) is 39.0 Å². The number of aryl methyl sites for hydroxylation is 2. The van der Waals surface area contributed by atoms with Crippen molar-refractivity contribution in [2.75, 3.05) is 20.3 Å². The van der Waals surface area contributed by atoms with Gasteiger partial charge < -0.3 is 10.5 Å². The first-order valence-corrected chi connectivity index (χ1v) is 6.03. The van der Waals surface area contributed by atoms with Gasteiger partial charge >= 0.3 is 0 Å². The van der Waals surface area contributed by atoms with Gasteiger partial charge in [0.1, 0.15) is 5.54 Å². The quantitative estimate of drug-likeness (QED) is 0.747. The van der Waals surface area contributed by atoms with Crippen molar-refractivity contribution >= 4 is 5.91 Å². The summed E-state index contributed by atoms with van der Waals surface area (Å²) in [4.78, 5) is 11.8. The number of methoxy groups -OCH3 is 1. The predicted octanol–water partition coefficient (Wildman–Crippen LogP) is 1.24. The lowest BCUT2D eigenvalue weighted by atomic mass is 9.86. The summed E-state index contributed by atoms with van der Waals surface area (Å²) in [5.74, 6) is -0.382. The summed E-state index contributed by atoms with van der Waals surface area (Å²) in [6.45, 7) is 6.90. The Morgan fingerprint density at radius 1 is 1.44 bits per heavy atom. The van der Waals surface area contributed by atoms with Gasteiger partial charge in [0.05, 0.1) is 6.61 Å². The fourth-order valence-corrected chi connectivity index (χ4v) is 1.99. The Morgan fingerprint density at radius 3 is 2.67 bits per heavy atom. The lowest BCUT2D eigenvalue weighted by molar-refractivity contribution is -0.124. The van der Waals surface area contributed by atoms with Crippen molar-refractivity contribution in [2.45, 2.75) is 26.3 Å². The molecule has 1 atom stereocenters. The van der Waals surface area contributed by atoms with E-state index in [4.69, 9.17) is 10.5 Å². The Morgan fingerprint density at radius 2 is 2.11 bits per heavy atom. The topological polar surface area (TPSA) is 64.3 Å². The van der Waals surface area contributed by atoms with Crippen molar-refractivity contribution < 1.29 is 9.53 Å². The van der Waals surface area contributed by atoms with Crippen LogP contribution in [0.15, 0.2) is 18.2 Å². The molecule has 1 amide bonds. The largest absolute Gasteiger partial charge is 0.383 e. The number of carbonyl (C=O) groups excluding carboxylic acids is 1. The predicted molar refractivity (Wildman–Crippen MR) is 72.3 cm³/mol. The van der Waals surface area contributed by atoms with Gasteiger partial charge in [0.25, 0.3) is 0 Å². The summed E-state index contributed by atoms with van der Waals surface area (Å²) in [6, 6.07) is 6.03. The van der Waals surface area contributed by atoms with Crippen LogP contribution in [0.5, 0.6) is 0 Å². The number of ether oxygens (including phenoxy) is 1. The molecule has 0 spiro atoms. The zero-order valence-corrected chi connectivity index (χ0v) is 11.5. The van der Waals surface area contributed by atoms with Gasteiger partial charge in [-0.05, 0) is 31.9 Å². The molecule has 1 aromatic rings. The van der Waals surface area contributed by atoms with Crippen LogP contribution in [-0.2, 0) is 15.1 Å². The highest BCUT2D eigenvalue weighted by Crippen LogP contribution is 2.25. The van der Waals surface area contributed by atoms with Gasteiger partial charge in [-0.3, -0.25) is 10.1 Å². The lowest BCUT2D eigenvalue weighted by Crippen LogP contribution is -2.51. The second-order valence-electron chi connectivity index (χ2n) is 4.73. The van der Waals surface area contributed by atoms with E-state index >= 15 is 0 Å². The first kappa shape index (κ1) is 14.7. The molecule has 1 unspecified atom stereocenters. The first-order chi connectivity index (χ1) is 8.41. The number of primary amides is 1. The van der Waals surface area contributed by atoms with Crippen LogP contribution in [0.1, 0.15) is 23.6 Å². The molecule has 1 aromatic carbocycles. The standard InChI is InChI=1S/C14H22N2O2/c1-10-5-6-11(2)12(9-10)14(3,13(15)17)16-7-8-18-4/h5-6,9,16H,7-8H2,1-4H3,(H2,15,17). The van der Waals surface area contributed by atoms with Crippen LogP contribution in [0.3, 0.4) is 0 Å². The Hall–Kier alpha value is -1.39. The van der Waals surface area contributed by atoms with E-state index in [1.54, 1.807) is 7.11 Å². The third kappa shape index (κ3) is 3.09. The highest BCUT2D eigenvalue weighted by Gasteiger charge is 2.33. The minimum Gasteiger partial charge on any atom is -0.383 e. The Kier molecular flexibility index (Phi) is 4.87. The fraction of sp³-hybridized carbons (Fsp3) is 0.500. The van der Waals surface area contributed by atoms with E-state index in [1.165, 1.54) is 0 Å². The van der Waals surface area contributed by atoms with Gasteiger partial charge in [-0.1, -0.05) is 23.8 Å². The molecule has 3 N–H and O–H groups in total. The number of amides is 1. The average molecular weight is 250 g/mol. The summed E-state index contributed by atoms with van der Waals surface area (Å²) >= 11 is 0. The number of nitrogens with two attached hydrogens (primary N) is 1. The maximum atomic E-state index is 11.8. The molecule has 0 saturated carbocycles. The Balaban J connectivity index is 3.10. The minimum atomic E-state index is -0.866. The number of hydrogen-bond donors (Lipinski definition) is 2. The highest BCUT2D eigenvalue weighted by molar-refractivity contribution is 5.86. The molecule has 0 aromatic heterocycles. The lowest BCUT2D eigenvalue weighted by Gasteiger charge is -2.30. The third-order valence-electron chi connectivity index (χ3n) is 3.21. The maximum Gasteiger partial charge on any atom is 0.242 e. The van der Waals surface area contributed by atoms with E-state index in [0.29, 0.717) is 13.2 Å². The molecule has 4 nitrogen and oxygen atoms in total. The molecule has 0 heterocycles. The number of carbonyl (C=O) groups is 1. The molecule has 0 fully saturated rings. The zero-order chi connectivity index (χ0) is 13.8. The van der Waals surface area contributed by atoms with E-state index < -0.39 is 5.54 Å². The molecular formula is C14H22N2O2. The monoisotopic (exact) mass is 250 g/mol. The smallest absolute Gasteiger partial charge is 0.242 e. The molecule has 100 valence electrons. The second-order valence-corrected chi connectivity index (χ2v) is 4.73. The van der Waals surface area contributed by atoms with Gasteiger partial charge in [-0.15, -0.1) is 0 Å². The van der Waals surface area contributed by atoms with Crippen LogP contribution in [0, 0.1) is 13.8 Å². The first-order valence-electron chi connectivity index (χ1n) is 6.03. The van der Waals surface area contributed by atoms with Crippen molar-refractivity contribution in [3.8, 4) is 0 Å². The van der Waals surface area contributed by atoms with E-state index in [0.717, 1.165) is 16.7 Å². The summed E-state index contributed by atoms with van der Waals surface area (Å²) in [7, 11) is 1.63. The highest BCUT2D eigenvalue weighted by atomic mass is 16.5. The summed E-state index contributed by atoms with van der Waals surface area (Å²) in [5, 5.41) is 3.18. The van der Waals surface area contributed by atoms with Gasteiger partial charge in [-0.2, -0.15) is 0 Å². The third-order valence-corrected chi connectivity index (χ3v) is 3.21. The van der Waals surface area contributed by atoms with Crippen molar-refractivity contribution in [1.82, 2.24) is 5.32 Å². The number of benzene rings is 1. The van der Waals surface area contributed by atoms with Gasteiger partial charge in [0, 0.05) is 13.7 Å². The summed E-state index contributed by atoms with van der Waals surface area (Å²) in [6.07, 6.45) is 0. The molecule has 0 saturated heterocycles.